The first-order valence-corrected chi connectivity index (χ1v) is 9.12. The second kappa shape index (κ2) is 7.00. The number of halogens is 1. The third kappa shape index (κ3) is 4.55. The zero-order chi connectivity index (χ0) is 17.9. The van der Waals surface area contributed by atoms with Crippen molar-refractivity contribution in [3.8, 4) is 0 Å². The molecule has 0 saturated heterocycles. The number of sulfonamides is 1. The molecule has 0 bridgehead atoms. The maximum Gasteiger partial charge on any atom is 0.245 e. The van der Waals surface area contributed by atoms with Crippen molar-refractivity contribution >= 4 is 27.3 Å². The van der Waals surface area contributed by atoms with Crippen molar-refractivity contribution in [2.75, 3.05) is 22.4 Å². The van der Waals surface area contributed by atoms with Gasteiger partial charge in [0.15, 0.2) is 0 Å². The van der Waals surface area contributed by atoms with Gasteiger partial charge in [0, 0.05) is 5.69 Å². The summed E-state index contributed by atoms with van der Waals surface area (Å²) in [7, 11) is -3.63. The fraction of sp³-hybridized carbons (Fsp3) is 0.235. The van der Waals surface area contributed by atoms with Crippen LogP contribution in [0.5, 0.6) is 0 Å². The van der Waals surface area contributed by atoms with Gasteiger partial charge in [-0.15, -0.1) is 0 Å². The lowest BCUT2D eigenvalue weighted by Crippen LogP contribution is -2.37. The number of anilines is 2. The van der Waals surface area contributed by atoms with Gasteiger partial charge in [-0.05, 0) is 49.7 Å². The molecular weight excluding hydrogens is 331 g/mol. The number of carbonyl (C=O) groups is 1. The third-order valence-electron chi connectivity index (χ3n) is 3.44. The summed E-state index contributed by atoms with van der Waals surface area (Å²) in [4.78, 5) is 12.2. The molecule has 0 unspecified atom stereocenters. The third-order valence-corrected chi connectivity index (χ3v) is 4.56. The Kier molecular flexibility index (Phi) is 5.23. The molecule has 7 heteroatoms. The Morgan fingerprint density at radius 2 is 1.75 bits per heavy atom. The second-order valence-corrected chi connectivity index (χ2v) is 7.52. The molecule has 0 aromatic heterocycles. The Balaban J connectivity index is 2.23. The summed E-state index contributed by atoms with van der Waals surface area (Å²) in [5, 5.41) is 2.56. The Hall–Kier alpha value is -2.41. The standard InChI is InChI=1S/C17H19FN2O3S/c1-12-4-9-16(13(2)10-12)20(24(3,22)23)11-17(21)19-15-7-5-14(18)6-8-15/h4-10H,11H2,1-3H3,(H,19,21). The first-order chi connectivity index (χ1) is 11.2. The van der Waals surface area contributed by atoms with Crippen LogP contribution >= 0.6 is 0 Å². The van der Waals surface area contributed by atoms with Crippen molar-refractivity contribution in [1.82, 2.24) is 0 Å². The highest BCUT2D eigenvalue weighted by Gasteiger charge is 2.22. The van der Waals surface area contributed by atoms with Gasteiger partial charge in [0.25, 0.3) is 0 Å². The van der Waals surface area contributed by atoms with E-state index in [1.54, 1.807) is 19.1 Å². The Morgan fingerprint density at radius 3 is 2.29 bits per heavy atom. The summed E-state index contributed by atoms with van der Waals surface area (Å²) >= 11 is 0. The summed E-state index contributed by atoms with van der Waals surface area (Å²) in [6.07, 6.45) is 1.05. The molecule has 0 aliphatic heterocycles. The van der Waals surface area contributed by atoms with E-state index in [4.69, 9.17) is 0 Å². The van der Waals surface area contributed by atoms with Crippen LogP contribution < -0.4 is 9.62 Å². The van der Waals surface area contributed by atoms with Crippen LogP contribution in [0.15, 0.2) is 42.5 Å². The zero-order valence-corrected chi connectivity index (χ0v) is 14.5. The van der Waals surface area contributed by atoms with Gasteiger partial charge in [-0.3, -0.25) is 9.10 Å². The lowest BCUT2D eigenvalue weighted by Gasteiger charge is -2.24. The molecule has 2 rings (SSSR count). The molecule has 0 saturated carbocycles. The van der Waals surface area contributed by atoms with Crippen LogP contribution in [0.4, 0.5) is 15.8 Å². The Morgan fingerprint density at radius 1 is 1.12 bits per heavy atom. The van der Waals surface area contributed by atoms with Crippen LogP contribution in [0.25, 0.3) is 0 Å². The summed E-state index contributed by atoms with van der Waals surface area (Å²) in [6, 6.07) is 10.6. The minimum Gasteiger partial charge on any atom is -0.325 e. The van der Waals surface area contributed by atoms with Crippen molar-refractivity contribution in [2.45, 2.75) is 13.8 Å². The van der Waals surface area contributed by atoms with Gasteiger partial charge in [0.05, 0.1) is 11.9 Å². The van der Waals surface area contributed by atoms with Gasteiger partial charge in [0.2, 0.25) is 15.9 Å². The van der Waals surface area contributed by atoms with Crippen LogP contribution in [0.1, 0.15) is 11.1 Å². The van der Waals surface area contributed by atoms with E-state index < -0.39 is 21.7 Å². The molecule has 128 valence electrons. The average Bonchev–Trinajstić information content (AvgIpc) is 2.47. The van der Waals surface area contributed by atoms with Gasteiger partial charge in [-0.25, -0.2) is 12.8 Å². The lowest BCUT2D eigenvalue weighted by molar-refractivity contribution is -0.114. The summed E-state index contributed by atoms with van der Waals surface area (Å²) < 4.78 is 38.1. The number of benzene rings is 2. The number of aryl methyl sites for hydroxylation is 2. The van der Waals surface area contributed by atoms with E-state index in [0.717, 1.165) is 21.7 Å². The van der Waals surface area contributed by atoms with Gasteiger partial charge < -0.3 is 5.32 Å². The highest BCUT2D eigenvalue weighted by atomic mass is 32.2. The van der Waals surface area contributed by atoms with Crippen molar-refractivity contribution in [2.24, 2.45) is 0 Å². The van der Waals surface area contributed by atoms with Crippen LogP contribution in [0, 0.1) is 19.7 Å². The van der Waals surface area contributed by atoms with Crippen molar-refractivity contribution < 1.29 is 17.6 Å². The van der Waals surface area contributed by atoms with E-state index in [1.807, 2.05) is 13.0 Å². The van der Waals surface area contributed by atoms with Gasteiger partial charge in [-0.2, -0.15) is 0 Å². The number of rotatable bonds is 5. The molecule has 24 heavy (non-hydrogen) atoms. The minimum absolute atomic E-state index is 0.361. The van der Waals surface area contributed by atoms with Gasteiger partial charge >= 0.3 is 0 Å². The maximum atomic E-state index is 12.9. The normalized spacial score (nSPS) is 11.2. The summed E-state index contributed by atoms with van der Waals surface area (Å²) in [6.45, 7) is 3.33. The van der Waals surface area contributed by atoms with Crippen molar-refractivity contribution in [3.63, 3.8) is 0 Å². The lowest BCUT2D eigenvalue weighted by atomic mass is 10.1. The van der Waals surface area contributed by atoms with E-state index in [9.17, 15) is 17.6 Å². The Bertz CT molecular complexity index is 849. The molecule has 1 N–H and O–H groups in total. The predicted molar refractivity (Wildman–Crippen MR) is 93.1 cm³/mol. The SMILES string of the molecule is Cc1ccc(N(CC(=O)Nc2ccc(F)cc2)S(C)(=O)=O)c(C)c1. The molecule has 0 heterocycles. The molecule has 0 fully saturated rings. The molecule has 0 aliphatic carbocycles. The highest BCUT2D eigenvalue weighted by Crippen LogP contribution is 2.23. The van der Waals surface area contributed by atoms with Crippen molar-refractivity contribution in [3.05, 3.63) is 59.4 Å². The van der Waals surface area contributed by atoms with E-state index in [1.165, 1.54) is 24.3 Å². The van der Waals surface area contributed by atoms with Crippen LogP contribution in [0.3, 0.4) is 0 Å². The van der Waals surface area contributed by atoms with Crippen molar-refractivity contribution in [1.29, 1.82) is 0 Å². The van der Waals surface area contributed by atoms with E-state index in [2.05, 4.69) is 5.32 Å². The maximum absolute atomic E-state index is 12.9. The molecule has 0 spiro atoms. The molecule has 5 nitrogen and oxygen atoms in total. The number of hydrogen-bond acceptors (Lipinski definition) is 3. The quantitative estimate of drug-likeness (QED) is 0.902. The number of nitrogens with zero attached hydrogens (tertiary/aromatic N) is 1. The zero-order valence-electron chi connectivity index (χ0n) is 13.7. The fourth-order valence-electron chi connectivity index (χ4n) is 2.33. The Labute approximate surface area is 141 Å². The fourth-order valence-corrected chi connectivity index (χ4v) is 3.24. The highest BCUT2D eigenvalue weighted by molar-refractivity contribution is 7.92. The molecule has 0 aliphatic rings. The molecule has 0 radical (unpaired) electrons. The number of amides is 1. The predicted octanol–water partition coefficient (Wildman–Crippen LogP) is 2.85. The van der Waals surface area contributed by atoms with E-state index in [-0.39, 0.29) is 6.54 Å². The number of nitrogens with one attached hydrogen (secondary N) is 1. The van der Waals surface area contributed by atoms with E-state index in [0.29, 0.717) is 11.4 Å². The topological polar surface area (TPSA) is 66.5 Å². The second-order valence-electron chi connectivity index (χ2n) is 5.61. The minimum atomic E-state index is -3.63. The largest absolute Gasteiger partial charge is 0.325 e. The first kappa shape index (κ1) is 17.9. The van der Waals surface area contributed by atoms with Crippen LogP contribution in [-0.2, 0) is 14.8 Å². The smallest absolute Gasteiger partial charge is 0.245 e. The van der Waals surface area contributed by atoms with Gasteiger partial charge in [-0.1, -0.05) is 17.7 Å². The number of hydrogen-bond donors (Lipinski definition) is 1. The molecule has 2 aromatic rings. The first-order valence-electron chi connectivity index (χ1n) is 7.27. The monoisotopic (exact) mass is 350 g/mol. The number of carbonyl (C=O) groups excluding carboxylic acids is 1. The average molecular weight is 350 g/mol. The van der Waals surface area contributed by atoms with E-state index >= 15 is 0 Å². The van der Waals surface area contributed by atoms with Gasteiger partial charge in [0.1, 0.15) is 12.4 Å². The molecular formula is C17H19FN2O3S. The van der Waals surface area contributed by atoms with Crippen LogP contribution in [0.2, 0.25) is 0 Å². The summed E-state index contributed by atoms with van der Waals surface area (Å²) in [5.41, 5.74) is 2.61. The molecule has 1 amide bonds. The summed E-state index contributed by atoms with van der Waals surface area (Å²) in [5.74, 6) is -0.923. The molecule has 0 atom stereocenters. The molecule has 2 aromatic carbocycles. The van der Waals surface area contributed by atoms with Crippen LogP contribution in [-0.4, -0.2) is 27.1 Å².